The van der Waals surface area contributed by atoms with Gasteiger partial charge >= 0.3 is 0 Å². The second-order valence-electron chi connectivity index (χ2n) is 4.63. The third-order valence-corrected chi connectivity index (χ3v) is 7.32. The second kappa shape index (κ2) is 4.85. The van der Waals surface area contributed by atoms with E-state index in [0.717, 1.165) is 11.1 Å². The molecule has 3 nitrogen and oxygen atoms in total. The number of carbonyl (C=O) groups excluding carboxylic acids is 1. The molecule has 0 amide bonds. The van der Waals surface area contributed by atoms with Crippen molar-refractivity contribution in [2.45, 2.75) is 23.3 Å². The minimum atomic E-state index is -3.35. The Balaban J connectivity index is 2.06. The fraction of sp³-hybridized carbons (Fsp3) is 0.308. The quantitative estimate of drug-likeness (QED) is 0.854. The van der Waals surface area contributed by atoms with Crippen molar-refractivity contribution < 1.29 is 13.2 Å². The monoisotopic (exact) mass is 312 g/mol. The molecule has 1 aliphatic heterocycles. The Morgan fingerprint density at radius 1 is 0.947 bits per heavy atom. The van der Waals surface area contributed by atoms with Crippen LogP contribution in [-0.4, -0.2) is 14.2 Å². The van der Waals surface area contributed by atoms with Crippen LogP contribution in [0.15, 0.2) is 33.7 Å². The number of hydrogen-bond acceptors (Lipinski definition) is 5. The summed E-state index contributed by atoms with van der Waals surface area (Å²) < 4.78 is 25.4. The summed E-state index contributed by atoms with van der Waals surface area (Å²) in [4.78, 5) is 11.9. The third-order valence-electron chi connectivity index (χ3n) is 3.45. The Morgan fingerprint density at radius 2 is 1.42 bits per heavy atom. The van der Waals surface area contributed by atoms with Crippen LogP contribution in [0.1, 0.15) is 34.5 Å². The van der Waals surface area contributed by atoms with E-state index in [0.29, 0.717) is 0 Å². The maximum Gasteiger partial charge on any atom is 0.165 e. The van der Waals surface area contributed by atoms with Crippen LogP contribution in [0.4, 0.5) is 0 Å². The van der Waals surface area contributed by atoms with Crippen LogP contribution < -0.4 is 0 Å². The van der Waals surface area contributed by atoms with Crippen molar-refractivity contribution in [1.82, 2.24) is 0 Å². The molecule has 3 rings (SSSR count). The summed E-state index contributed by atoms with van der Waals surface area (Å²) in [6, 6.07) is 3.60. The average molecular weight is 312 g/mol. The highest BCUT2D eigenvalue weighted by molar-refractivity contribution is 7.92. The maximum atomic E-state index is 12.7. The SMILES string of the molecule is O=C1CC(c2ccsc2)S(=O)(=O)C(c2ccsc2)C1. The van der Waals surface area contributed by atoms with Crippen molar-refractivity contribution >= 4 is 38.3 Å². The van der Waals surface area contributed by atoms with Gasteiger partial charge < -0.3 is 0 Å². The molecule has 0 saturated carbocycles. The number of sulfone groups is 1. The maximum absolute atomic E-state index is 12.7. The van der Waals surface area contributed by atoms with E-state index in [1.165, 1.54) is 22.7 Å². The van der Waals surface area contributed by atoms with Gasteiger partial charge in [-0.25, -0.2) is 8.42 Å². The number of thiophene rings is 2. The largest absolute Gasteiger partial charge is 0.300 e. The zero-order chi connectivity index (χ0) is 13.5. The molecule has 1 aliphatic rings. The van der Waals surface area contributed by atoms with Gasteiger partial charge in [0.25, 0.3) is 0 Å². The van der Waals surface area contributed by atoms with E-state index in [1.807, 2.05) is 21.5 Å². The van der Waals surface area contributed by atoms with Gasteiger partial charge in [0.2, 0.25) is 0 Å². The molecule has 100 valence electrons. The zero-order valence-electron chi connectivity index (χ0n) is 9.98. The van der Waals surface area contributed by atoms with Gasteiger partial charge in [-0.05, 0) is 44.8 Å². The van der Waals surface area contributed by atoms with Gasteiger partial charge in [0.1, 0.15) is 5.78 Å². The summed E-state index contributed by atoms with van der Waals surface area (Å²) in [6.07, 6.45) is 0.222. The number of carbonyl (C=O) groups is 1. The lowest BCUT2D eigenvalue weighted by Crippen LogP contribution is -2.30. The Bertz CT molecular complexity index is 617. The first-order chi connectivity index (χ1) is 9.09. The van der Waals surface area contributed by atoms with Gasteiger partial charge in [-0.2, -0.15) is 22.7 Å². The fourth-order valence-corrected chi connectivity index (χ4v) is 6.34. The molecule has 2 unspecified atom stereocenters. The molecule has 0 aromatic carbocycles. The Hall–Kier alpha value is -0.980. The van der Waals surface area contributed by atoms with E-state index in [1.54, 1.807) is 12.1 Å². The molecule has 2 atom stereocenters. The summed E-state index contributed by atoms with van der Waals surface area (Å²) in [5.74, 6) is 0.0298. The van der Waals surface area contributed by atoms with E-state index >= 15 is 0 Å². The molecule has 3 heterocycles. The van der Waals surface area contributed by atoms with E-state index < -0.39 is 20.3 Å². The summed E-state index contributed by atoms with van der Waals surface area (Å²) in [6.45, 7) is 0. The first kappa shape index (κ1) is 13.0. The molecule has 0 spiro atoms. The molecular weight excluding hydrogens is 300 g/mol. The van der Waals surface area contributed by atoms with Crippen LogP contribution in [0, 0.1) is 0 Å². The molecular formula is C13H12O3S3. The summed E-state index contributed by atoms with van der Waals surface area (Å²) >= 11 is 2.92. The van der Waals surface area contributed by atoms with Crippen LogP contribution in [0.5, 0.6) is 0 Å². The number of Topliss-reactive ketones (excluding diaryl/α,β-unsaturated/α-hetero) is 1. The normalized spacial score (nSPS) is 26.4. The predicted molar refractivity (Wildman–Crippen MR) is 77.3 cm³/mol. The van der Waals surface area contributed by atoms with Crippen LogP contribution in [0.2, 0.25) is 0 Å². The summed E-state index contributed by atoms with van der Waals surface area (Å²) in [5.41, 5.74) is 1.50. The Labute approximate surface area is 119 Å². The molecule has 0 radical (unpaired) electrons. The smallest absolute Gasteiger partial charge is 0.165 e. The molecule has 2 aromatic rings. The fourth-order valence-electron chi connectivity index (χ4n) is 2.46. The van der Waals surface area contributed by atoms with Gasteiger partial charge in [-0.1, -0.05) is 0 Å². The van der Waals surface area contributed by atoms with E-state index in [2.05, 4.69) is 0 Å². The van der Waals surface area contributed by atoms with Gasteiger partial charge in [-0.15, -0.1) is 0 Å². The highest BCUT2D eigenvalue weighted by atomic mass is 32.2. The number of ketones is 1. The van der Waals surface area contributed by atoms with E-state index in [4.69, 9.17) is 0 Å². The van der Waals surface area contributed by atoms with Crippen LogP contribution in [-0.2, 0) is 14.6 Å². The highest BCUT2D eigenvalue weighted by Gasteiger charge is 2.43. The molecule has 0 bridgehead atoms. The van der Waals surface area contributed by atoms with Gasteiger partial charge in [0, 0.05) is 12.8 Å². The lowest BCUT2D eigenvalue weighted by Gasteiger charge is -2.28. The minimum Gasteiger partial charge on any atom is -0.300 e. The number of hydrogen-bond donors (Lipinski definition) is 0. The van der Waals surface area contributed by atoms with E-state index in [-0.39, 0.29) is 18.6 Å². The predicted octanol–water partition coefficient (Wildman–Crippen LogP) is 3.37. The minimum absolute atomic E-state index is 0.0298. The molecule has 19 heavy (non-hydrogen) atoms. The Kier molecular flexibility index (Phi) is 3.32. The van der Waals surface area contributed by atoms with Crippen LogP contribution in [0.3, 0.4) is 0 Å². The molecule has 0 aliphatic carbocycles. The Morgan fingerprint density at radius 3 is 1.79 bits per heavy atom. The topological polar surface area (TPSA) is 51.2 Å². The average Bonchev–Trinajstić information content (AvgIpc) is 3.03. The van der Waals surface area contributed by atoms with Gasteiger partial charge in [0.05, 0.1) is 10.5 Å². The van der Waals surface area contributed by atoms with Crippen molar-refractivity contribution in [3.8, 4) is 0 Å². The van der Waals surface area contributed by atoms with Gasteiger partial charge in [0.15, 0.2) is 9.84 Å². The first-order valence-corrected chi connectivity index (χ1v) is 9.37. The zero-order valence-corrected chi connectivity index (χ0v) is 12.4. The van der Waals surface area contributed by atoms with Crippen molar-refractivity contribution in [3.63, 3.8) is 0 Å². The van der Waals surface area contributed by atoms with Crippen molar-refractivity contribution in [2.24, 2.45) is 0 Å². The lowest BCUT2D eigenvalue weighted by atomic mass is 10.0. The van der Waals surface area contributed by atoms with Crippen molar-refractivity contribution in [3.05, 3.63) is 44.8 Å². The second-order valence-corrected chi connectivity index (χ2v) is 8.50. The van der Waals surface area contributed by atoms with Crippen LogP contribution in [0.25, 0.3) is 0 Å². The van der Waals surface area contributed by atoms with Crippen molar-refractivity contribution in [2.75, 3.05) is 0 Å². The molecule has 2 aromatic heterocycles. The first-order valence-electron chi connectivity index (χ1n) is 5.87. The highest BCUT2D eigenvalue weighted by Crippen LogP contribution is 2.44. The standard InChI is InChI=1S/C13H12O3S3/c14-11-5-12(9-1-3-17-7-9)19(15,16)13(6-11)10-2-4-18-8-10/h1-4,7-8,12-13H,5-6H2. The summed E-state index contributed by atoms with van der Waals surface area (Å²) in [7, 11) is -3.35. The number of rotatable bonds is 2. The molecule has 1 saturated heterocycles. The molecule has 6 heteroatoms. The molecule has 0 N–H and O–H groups in total. The summed E-state index contributed by atoms with van der Waals surface area (Å²) in [5, 5.41) is 6.00. The molecule has 1 fully saturated rings. The van der Waals surface area contributed by atoms with E-state index in [9.17, 15) is 13.2 Å². The lowest BCUT2D eigenvalue weighted by molar-refractivity contribution is -0.119. The third kappa shape index (κ3) is 2.28. The van der Waals surface area contributed by atoms with Crippen LogP contribution >= 0.6 is 22.7 Å². The van der Waals surface area contributed by atoms with Gasteiger partial charge in [-0.3, -0.25) is 4.79 Å². The van der Waals surface area contributed by atoms with Crippen molar-refractivity contribution in [1.29, 1.82) is 0 Å².